The summed E-state index contributed by atoms with van der Waals surface area (Å²) >= 11 is 0. The number of nitrogens with one attached hydrogen (secondary N) is 1. The lowest BCUT2D eigenvalue weighted by Crippen LogP contribution is -2.35. The molecular formula is C21H25NO2. The van der Waals surface area contributed by atoms with Gasteiger partial charge in [-0.05, 0) is 24.5 Å². The van der Waals surface area contributed by atoms with Gasteiger partial charge in [0.1, 0.15) is 0 Å². The predicted molar refractivity (Wildman–Crippen MR) is 97.5 cm³/mol. The molecule has 3 nitrogen and oxygen atoms in total. The number of allylic oxidation sites excluding steroid dienone is 1. The number of carbonyl (C=O) groups is 1. The smallest absolute Gasteiger partial charge is 0.310 e. The molecule has 0 aliphatic heterocycles. The SMILES string of the molecule is C=CC[C@@H](C(=O)OC)[C@H](N[C@H](C)c1ccccc1)c1ccccc1. The Kier molecular flexibility index (Phi) is 6.76. The second-order valence-electron chi connectivity index (χ2n) is 5.84. The summed E-state index contributed by atoms with van der Waals surface area (Å²) < 4.78 is 5.03. The highest BCUT2D eigenvalue weighted by atomic mass is 16.5. The number of esters is 1. The lowest BCUT2D eigenvalue weighted by atomic mass is 9.89. The average Bonchev–Trinajstić information content (AvgIpc) is 2.65. The van der Waals surface area contributed by atoms with Crippen LogP contribution in [0.2, 0.25) is 0 Å². The van der Waals surface area contributed by atoms with Crippen molar-refractivity contribution in [1.29, 1.82) is 0 Å². The standard InChI is InChI=1S/C21H25NO2/c1-4-11-19(21(23)24-3)20(18-14-9-6-10-15-18)22-16(2)17-12-7-5-8-13-17/h4-10,12-16,19-20,22H,1,11H2,2-3H3/t16-,19-,20-/m1/s1. The van der Waals surface area contributed by atoms with Gasteiger partial charge in [-0.25, -0.2) is 0 Å². The summed E-state index contributed by atoms with van der Waals surface area (Å²) in [5.74, 6) is -0.544. The van der Waals surface area contributed by atoms with Crippen molar-refractivity contribution in [2.75, 3.05) is 7.11 Å². The van der Waals surface area contributed by atoms with Crippen LogP contribution in [0.15, 0.2) is 73.3 Å². The summed E-state index contributed by atoms with van der Waals surface area (Å²) in [5.41, 5.74) is 2.25. The molecule has 0 saturated carbocycles. The average molecular weight is 323 g/mol. The zero-order valence-electron chi connectivity index (χ0n) is 14.3. The second kappa shape index (κ2) is 9.04. The Morgan fingerprint density at radius 1 is 1.08 bits per heavy atom. The molecule has 3 heteroatoms. The molecular weight excluding hydrogens is 298 g/mol. The summed E-state index contributed by atoms with van der Waals surface area (Å²) in [6.07, 6.45) is 2.33. The van der Waals surface area contributed by atoms with Crippen LogP contribution < -0.4 is 5.32 Å². The lowest BCUT2D eigenvalue weighted by Gasteiger charge is -2.29. The molecule has 3 atom stereocenters. The van der Waals surface area contributed by atoms with Crippen molar-refractivity contribution in [3.63, 3.8) is 0 Å². The van der Waals surface area contributed by atoms with Crippen molar-refractivity contribution >= 4 is 5.97 Å². The number of carbonyl (C=O) groups excluding carboxylic acids is 1. The van der Waals surface area contributed by atoms with E-state index in [-0.39, 0.29) is 24.0 Å². The first kappa shape index (κ1) is 18.0. The van der Waals surface area contributed by atoms with Crippen molar-refractivity contribution in [3.8, 4) is 0 Å². The zero-order chi connectivity index (χ0) is 17.4. The maximum atomic E-state index is 12.3. The fraction of sp³-hybridized carbons (Fsp3) is 0.286. The van der Waals surface area contributed by atoms with Crippen LogP contribution in [-0.2, 0) is 9.53 Å². The largest absolute Gasteiger partial charge is 0.469 e. The van der Waals surface area contributed by atoms with Gasteiger partial charge in [-0.2, -0.15) is 0 Å². The van der Waals surface area contributed by atoms with Crippen LogP contribution in [0, 0.1) is 5.92 Å². The first-order chi connectivity index (χ1) is 11.7. The minimum atomic E-state index is -0.318. The van der Waals surface area contributed by atoms with Gasteiger partial charge in [0.25, 0.3) is 0 Å². The molecule has 24 heavy (non-hydrogen) atoms. The van der Waals surface area contributed by atoms with Gasteiger partial charge in [0.2, 0.25) is 0 Å². The van der Waals surface area contributed by atoms with Crippen molar-refractivity contribution in [3.05, 3.63) is 84.4 Å². The molecule has 0 spiro atoms. The third kappa shape index (κ3) is 4.56. The number of ether oxygens (including phenoxy) is 1. The van der Waals surface area contributed by atoms with Gasteiger partial charge in [-0.3, -0.25) is 4.79 Å². The molecule has 0 aromatic heterocycles. The van der Waals surface area contributed by atoms with E-state index >= 15 is 0 Å². The molecule has 0 aliphatic carbocycles. The van der Waals surface area contributed by atoms with E-state index in [1.807, 2.05) is 48.5 Å². The fourth-order valence-corrected chi connectivity index (χ4v) is 2.91. The van der Waals surface area contributed by atoms with Crippen molar-refractivity contribution < 1.29 is 9.53 Å². The van der Waals surface area contributed by atoms with E-state index in [9.17, 15) is 4.79 Å². The molecule has 2 aromatic carbocycles. The van der Waals surface area contributed by atoms with Crippen molar-refractivity contribution in [2.24, 2.45) is 5.92 Å². The van der Waals surface area contributed by atoms with Crippen LogP contribution in [0.5, 0.6) is 0 Å². The van der Waals surface area contributed by atoms with Gasteiger partial charge in [-0.15, -0.1) is 6.58 Å². The number of hydrogen-bond donors (Lipinski definition) is 1. The monoisotopic (exact) mass is 323 g/mol. The van der Waals surface area contributed by atoms with E-state index in [0.29, 0.717) is 6.42 Å². The second-order valence-corrected chi connectivity index (χ2v) is 5.84. The van der Waals surface area contributed by atoms with Gasteiger partial charge in [0.15, 0.2) is 0 Å². The number of benzene rings is 2. The third-order valence-electron chi connectivity index (χ3n) is 4.21. The van der Waals surface area contributed by atoms with E-state index in [1.54, 1.807) is 6.08 Å². The Hall–Kier alpha value is -2.39. The van der Waals surface area contributed by atoms with E-state index in [4.69, 9.17) is 4.74 Å². The van der Waals surface area contributed by atoms with Crippen molar-refractivity contribution in [1.82, 2.24) is 5.32 Å². The van der Waals surface area contributed by atoms with Crippen LogP contribution >= 0.6 is 0 Å². The van der Waals surface area contributed by atoms with Crippen LogP contribution in [0.25, 0.3) is 0 Å². The molecule has 0 amide bonds. The molecule has 126 valence electrons. The van der Waals surface area contributed by atoms with E-state index in [0.717, 1.165) is 5.56 Å². The number of hydrogen-bond acceptors (Lipinski definition) is 3. The lowest BCUT2D eigenvalue weighted by molar-refractivity contribution is -0.146. The maximum Gasteiger partial charge on any atom is 0.310 e. The van der Waals surface area contributed by atoms with Crippen LogP contribution in [0.1, 0.15) is 36.6 Å². The number of methoxy groups -OCH3 is 1. The third-order valence-corrected chi connectivity index (χ3v) is 4.21. The molecule has 0 fully saturated rings. The predicted octanol–water partition coefficient (Wildman–Crippen LogP) is 4.44. The van der Waals surface area contributed by atoms with Gasteiger partial charge >= 0.3 is 5.97 Å². The fourth-order valence-electron chi connectivity index (χ4n) is 2.91. The topological polar surface area (TPSA) is 38.3 Å². The maximum absolute atomic E-state index is 12.3. The molecule has 1 N–H and O–H groups in total. The van der Waals surface area contributed by atoms with Crippen LogP contribution in [0.3, 0.4) is 0 Å². The minimum Gasteiger partial charge on any atom is -0.469 e. The highest BCUT2D eigenvalue weighted by molar-refractivity contribution is 5.73. The molecule has 2 aromatic rings. The zero-order valence-corrected chi connectivity index (χ0v) is 14.3. The first-order valence-electron chi connectivity index (χ1n) is 8.22. The summed E-state index contributed by atoms with van der Waals surface area (Å²) in [6, 6.07) is 20.2. The van der Waals surface area contributed by atoms with E-state index < -0.39 is 0 Å². The molecule has 0 unspecified atom stereocenters. The highest BCUT2D eigenvalue weighted by Crippen LogP contribution is 2.29. The number of rotatable bonds is 8. The summed E-state index contributed by atoms with van der Waals surface area (Å²) in [4.78, 5) is 12.3. The Labute approximate surface area is 144 Å². The van der Waals surface area contributed by atoms with Crippen LogP contribution in [-0.4, -0.2) is 13.1 Å². The van der Waals surface area contributed by atoms with Gasteiger partial charge < -0.3 is 10.1 Å². The van der Waals surface area contributed by atoms with Gasteiger partial charge in [0, 0.05) is 12.1 Å². The molecule has 0 saturated heterocycles. The van der Waals surface area contributed by atoms with Gasteiger partial charge in [-0.1, -0.05) is 66.7 Å². The Morgan fingerprint density at radius 3 is 2.12 bits per heavy atom. The Balaban J connectivity index is 2.32. The molecule has 2 rings (SSSR count). The molecule has 0 heterocycles. The molecule has 0 aliphatic rings. The quantitative estimate of drug-likeness (QED) is 0.576. The molecule has 0 radical (unpaired) electrons. The summed E-state index contributed by atoms with van der Waals surface area (Å²) in [7, 11) is 1.43. The van der Waals surface area contributed by atoms with Crippen LogP contribution in [0.4, 0.5) is 0 Å². The summed E-state index contributed by atoms with van der Waals surface area (Å²) in [5, 5.41) is 3.60. The Bertz CT molecular complexity index is 639. The van der Waals surface area contributed by atoms with Crippen molar-refractivity contribution in [2.45, 2.75) is 25.4 Å². The normalized spacial score (nSPS) is 14.4. The minimum absolute atomic E-state index is 0.105. The summed E-state index contributed by atoms with van der Waals surface area (Å²) in [6.45, 7) is 5.90. The highest BCUT2D eigenvalue weighted by Gasteiger charge is 2.30. The Morgan fingerprint density at radius 2 is 1.62 bits per heavy atom. The van der Waals surface area contributed by atoms with Gasteiger partial charge in [0.05, 0.1) is 13.0 Å². The van der Waals surface area contributed by atoms with E-state index in [2.05, 4.69) is 31.0 Å². The molecule has 0 bridgehead atoms. The van der Waals surface area contributed by atoms with E-state index in [1.165, 1.54) is 12.7 Å². The first-order valence-corrected chi connectivity index (χ1v) is 8.22.